The van der Waals surface area contributed by atoms with Crippen molar-refractivity contribution >= 4 is 15.5 Å². The van der Waals surface area contributed by atoms with Crippen molar-refractivity contribution in [2.75, 3.05) is 11.1 Å². The first kappa shape index (κ1) is 12.4. The van der Waals surface area contributed by atoms with Crippen molar-refractivity contribution in [3.8, 4) is 0 Å². The van der Waals surface area contributed by atoms with E-state index < -0.39 is 9.84 Å². The lowest BCUT2D eigenvalue weighted by Crippen LogP contribution is -2.17. The average Bonchev–Trinajstić information content (AvgIpc) is 3.13. The summed E-state index contributed by atoms with van der Waals surface area (Å²) in [4.78, 5) is 0.407. The number of nitrogens with one attached hydrogen (secondary N) is 1. The van der Waals surface area contributed by atoms with E-state index in [2.05, 4.69) is 12.2 Å². The second kappa shape index (κ2) is 4.69. The SMILES string of the molecule is CCS(=O)(=O)c1ccc(NC(C)C2CC2)cc1. The molecule has 3 nitrogen and oxygen atoms in total. The van der Waals surface area contributed by atoms with Crippen LogP contribution in [0.1, 0.15) is 26.7 Å². The van der Waals surface area contributed by atoms with Gasteiger partial charge in [0.05, 0.1) is 10.6 Å². The van der Waals surface area contributed by atoms with Gasteiger partial charge in [-0.15, -0.1) is 0 Å². The molecule has 1 aliphatic carbocycles. The summed E-state index contributed by atoms with van der Waals surface area (Å²) in [7, 11) is -3.08. The zero-order valence-corrected chi connectivity index (χ0v) is 11.1. The van der Waals surface area contributed by atoms with Gasteiger partial charge in [0.1, 0.15) is 0 Å². The van der Waals surface area contributed by atoms with Crippen LogP contribution < -0.4 is 5.32 Å². The Hall–Kier alpha value is -1.03. The lowest BCUT2D eigenvalue weighted by atomic mass is 10.2. The lowest BCUT2D eigenvalue weighted by molar-refractivity contribution is 0.597. The van der Waals surface area contributed by atoms with E-state index in [1.54, 1.807) is 19.1 Å². The van der Waals surface area contributed by atoms with Gasteiger partial charge in [-0.2, -0.15) is 0 Å². The molecule has 0 saturated heterocycles. The van der Waals surface area contributed by atoms with Crippen LogP contribution in [-0.2, 0) is 9.84 Å². The Kier molecular flexibility index (Phi) is 3.43. The molecule has 17 heavy (non-hydrogen) atoms. The number of hydrogen-bond acceptors (Lipinski definition) is 3. The van der Waals surface area contributed by atoms with Gasteiger partial charge in [0.25, 0.3) is 0 Å². The summed E-state index contributed by atoms with van der Waals surface area (Å²) in [5.41, 5.74) is 0.999. The fraction of sp³-hybridized carbons (Fsp3) is 0.538. The minimum atomic E-state index is -3.08. The Morgan fingerprint density at radius 2 is 1.88 bits per heavy atom. The molecular formula is C13H19NO2S. The fourth-order valence-electron chi connectivity index (χ4n) is 1.90. The minimum absolute atomic E-state index is 0.151. The normalized spacial score (nSPS) is 17.8. The van der Waals surface area contributed by atoms with Crippen molar-refractivity contribution in [3.05, 3.63) is 24.3 Å². The van der Waals surface area contributed by atoms with Gasteiger partial charge in [0.15, 0.2) is 9.84 Å². The second-order valence-electron chi connectivity index (χ2n) is 4.70. The fourth-order valence-corrected chi connectivity index (χ4v) is 2.79. The Morgan fingerprint density at radius 3 is 2.35 bits per heavy atom. The third kappa shape index (κ3) is 3.00. The molecule has 0 heterocycles. The van der Waals surface area contributed by atoms with Gasteiger partial charge in [-0.05, 0) is 49.9 Å². The van der Waals surface area contributed by atoms with Crippen LogP contribution in [-0.4, -0.2) is 20.2 Å². The molecule has 1 aromatic carbocycles. The van der Waals surface area contributed by atoms with Crippen molar-refractivity contribution in [1.29, 1.82) is 0 Å². The maximum atomic E-state index is 11.6. The number of hydrogen-bond donors (Lipinski definition) is 1. The molecule has 1 atom stereocenters. The Morgan fingerprint density at radius 1 is 1.29 bits per heavy atom. The van der Waals surface area contributed by atoms with Gasteiger partial charge >= 0.3 is 0 Å². The van der Waals surface area contributed by atoms with Crippen LogP contribution in [0, 0.1) is 5.92 Å². The largest absolute Gasteiger partial charge is 0.382 e. The van der Waals surface area contributed by atoms with Crippen LogP contribution in [0.15, 0.2) is 29.2 Å². The maximum absolute atomic E-state index is 11.6. The molecular weight excluding hydrogens is 234 g/mol. The van der Waals surface area contributed by atoms with Gasteiger partial charge in [-0.3, -0.25) is 0 Å². The molecule has 0 radical (unpaired) electrons. The van der Waals surface area contributed by atoms with Crippen molar-refractivity contribution in [1.82, 2.24) is 0 Å². The molecule has 1 unspecified atom stereocenters. The van der Waals surface area contributed by atoms with E-state index in [0.717, 1.165) is 11.6 Å². The molecule has 1 aromatic rings. The molecule has 4 heteroatoms. The highest BCUT2D eigenvalue weighted by atomic mass is 32.2. The second-order valence-corrected chi connectivity index (χ2v) is 6.98. The molecule has 1 aliphatic rings. The summed E-state index contributed by atoms with van der Waals surface area (Å²) in [5.74, 6) is 0.937. The quantitative estimate of drug-likeness (QED) is 0.877. The first-order valence-electron chi connectivity index (χ1n) is 6.12. The van der Waals surface area contributed by atoms with Crippen LogP contribution in [0.25, 0.3) is 0 Å². The Labute approximate surface area is 103 Å². The highest BCUT2D eigenvalue weighted by molar-refractivity contribution is 7.91. The molecule has 1 fully saturated rings. The van der Waals surface area contributed by atoms with Gasteiger partial charge < -0.3 is 5.32 Å². The summed E-state index contributed by atoms with van der Waals surface area (Å²) >= 11 is 0. The number of rotatable bonds is 5. The van der Waals surface area contributed by atoms with E-state index in [9.17, 15) is 8.42 Å². The number of sulfone groups is 1. The smallest absolute Gasteiger partial charge is 0.178 e. The van der Waals surface area contributed by atoms with Crippen LogP contribution in [0.2, 0.25) is 0 Å². The summed E-state index contributed by atoms with van der Waals surface area (Å²) in [5, 5.41) is 3.41. The van der Waals surface area contributed by atoms with E-state index in [4.69, 9.17) is 0 Å². The van der Waals surface area contributed by atoms with E-state index >= 15 is 0 Å². The standard InChI is InChI=1S/C13H19NO2S/c1-3-17(15,16)13-8-6-12(7-9-13)14-10(2)11-4-5-11/h6-11,14H,3-5H2,1-2H3. The van der Waals surface area contributed by atoms with E-state index in [1.165, 1.54) is 12.8 Å². The van der Waals surface area contributed by atoms with Crippen molar-refractivity contribution in [3.63, 3.8) is 0 Å². The predicted octanol–water partition coefficient (Wildman–Crippen LogP) is 2.69. The van der Waals surface area contributed by atoms with Gasteiger partial charge in [-0.1, -0.05) is 6.92 Å². The minimum Gasteiger partial charge on any atom is -0.382 e. The molecule has 0 aliphatic heterocycles. The van der Waals surface area contributed by atoms with Gasteiger partial charge in [0, 0.05) is 11.7 Å². The first-order valence-corrected chi connectivity index (χ1v) is 7.77. The molecule has 0 spiro atoms. The van der Waals surface area contributed by atoms with Crippen LogP contribution >= 0.6 is 0 Å². The molecule has 0 aromatic heterocycles. The third-order valence-electron chi connectivity index (χ3n) is 3.32. The Bertz CT molecular complexity index is 475. The molecule has 1 N–H and O–H groups in total. The Balaban J connectivity index is 2.07. The van der Waals surface area contributed by atoms with Crippen molar-refractivity contribution in [2.24, 2.45) is 5.92 Å². The molecule has 2 rings (SSSR count). The lowest BCUT2D eigenvalue weighted by Gasteiger charge is -2.14. The van der Waals surface area contributed by atoms with E-state index in [-0.39, 0.29) is 5.75 Å². The average molecular weight is 253 g/mol. The van der Waals surface area contributed by atoms with Crippen LogP contribution in [0.5, 0.6) is 0 Å². The predicted molar refractivity (Wildman–Crippen MR) is 70.0 cm³/mol. The number of anilines is 1. The van der Waals surface area contributed by atoms with Crippen LogP contribution in [0.3, 0.4) is 0 Å². The topological polar surface area (TPSA) is 46.2 Å². The zero-order valence-electron chi connectivity index (χ0n) is 10.3. The molecule has 0 bridgehead atoms. The van der Waals surface area contributed by atoms with Gasteiger partial charge in [0.2, 0.25) is 0 Å². The zero-order chi connectivity index (χ0) is 12.5. The summed E-state index contributed by atoms with van der Waals surface area (Å²) in [6, 6.07) is 7.54. The molecule has 1 saturated carbocycles. The highest BCUT2D eigenvalue weighted by Gasteiger charge is 2.27. The maximum Gasteiger partial charge on any atom is 0.178 e. The first-order chi connectivity index (χ1) is 8.03. The van der Waals surface area contributed by atoms with E-state index in [1.807, 2.05) is 12.1 Å². The van der Waals surface area contributed by atoms with Gasteiger partial charge in [-0.25, -0.2) is 8.42 Å². The molecule has 0 amide bonds. The summed E-state index contributed by atoms with van der Waals surface area (Å²) < 4.78 is 23.3. The highest BCUT2D eigenvalue weighted by Crippen LogP contribution is 2.34. The van der Waals surface area contributed by atoms with Crippen molar-refractivity contribution in [2.45, 2.75) is 37.6 Å². The third-order valence-corrected chi connectivity index (χ3v) is 5.07. The monoisotopic (exact) mass is 253 g/mol. The molecule has 94 valence electrons. The summed E-state index contributed by atoms with van der Waals surface area (Å²) in [6.07, 6.45) is 2.60. The number of benzene rings is 1. The van der Waals surface area contributed by atoms with Crippen molar-refractivity contribution < 1.29 is 8.42 Å². The van der Waals surface area contributed by atoms with E-state index in [0.29, 0.717) is 10.9 Å². The summed E-state index contributed by atoms with van der Waals surface area (Å²) in [6.45, 7) is 3.84. The van der Waals surface area contributed by atoms with Crippen LogP contribution in [0.4, 0.5) is 5.69 Å².